The second-order valence-electron chi connectivity index (χ2n) is 11.3. The second kappa shape index (κ2) is 11.2. The van der Waals surface area contributed by atoms with E-state index in [0.717, 1.165) is 19.4 Å². The molecule has 1 unspecified atom stereocenters. The third kappa shape index (κ3) is 6.56. The molecule has 7 atom stereocenters. The van der Waals surface area contributed by atoms with Crippen LogP contribution in [-0.4, -0.2) is 93.4 Å². The summed E-state index contributed by atoms with van der Waals surface area (Å²) in [6.07, 6.45) is 3.13. The number of alkyl carbamates (subject to hydrolysis) is 1. The molecular formula is C26H45N3O6. The molecule has 1 spiro atoms. The Morgan fingerprint density at radius 3 is 2.49 bits per heavy atom. The molecule has 2 saturated heterocycles. The van der Waals surface area contributed by atoms with E-state index in [1.165, 1.54) is 5.57 Å². The first kappa shape index (κ1) is 27.9. The van der Waals surface area contributed by atoms with Crippen molar-refractivity contribution in [3.05, 3.63) is 11.6 Å². The molecule has 2 heterocycles. The molecule has 3 aliphatic rings. The van der Waals surface area contributed by atoms with E-state index in [0.29, 0.717) is 19.6 Å². The molecule has 0 aromatic heterocycles. The Hall–Kier alpha value is -1.68. The van der Waals surface area contributed by atoms with Gasteiger partial charge in [-0.2, -0.15) is 0 Å². The summed E-state index contributed by atoms with van der Waals surface area (Å²) >= 11 is 0. The highest BCUT2D eigenvalue weighted by molar-refractivity contribution is 5.85. The number of amides is 2. The van der Waals surface area contributed by atoms with Crippen molar-refractivity contribution in [1.29, 1.82) is 0 Å². The number of hydrogen-bond donors (Lipinski definition) is 2. The van der Waals surface area contributed by atoms with E-state index in [1.54, 1.807) is 7.11 Å². The summed E-state index contributed by atoms with van der Waals surface area (Å²) in [5.74, 6) is -0.343. The standard InChI is InChI=1S/C26H45N3O6/c1-16(2)9-10-19-25(5,35-19)22-21(32-8)18(11-12-26(22)15-33-26)34-24(31)28-20(17(3)4)23(30)27-13-14-29(6)7/h9,17-22H,10-15H2,1-8H3,(H,27,30)(H,28,31)/t18?,19-,20-,21-,22-,25+,26+/m1/s1. The van der Waals surface area contributed by atoms with E-state index in [9.17, 15) is 9.59 Å². The fourth-order valence-corrected chi connectivity index (χ4v) is 5.42. The van der Waals surface area contributed by atoms with Gasteiger partial charge in [-0.25, -0.2) is 4.79 Å². The van der Waals surface area contributed by atoms with Crippen LogP contribution in [0.15, 0.2) is 11.6 Å². The van der Waals surface area contributed by atoms with Gasteiger partial charge in [-0.3, -0.25) is 4.79 Å². The SMILES string of the molecule is CO[C@@H]1C(OC(=O)N[C@@H](C(=O)NCCN(C)C)C(C)C)CC[C@]2(CO2)[C@H]1[C@@]1(C)O[C@@H]1CC=C(C)C. The largest absolute Gasteiger partial charge is 0.443 e. The zero-order valence-electron chi connectivity index (χ0n) is 22.7. The maximum atomic E-state index is 12.9. The van der Waals surface area contributed by atoms with Crippen LogP contribution in [0.4, 0.5) is 4.79 Å². The third-order valence-electron chi connectivity index (χ3n) is 7.58. The van der Waals surface area contributed by atoms with Gasteiger partial charge in [0, 0.05) is 20.2 Å². The Kier molecular flexibility index (Phi) is 8.89. The number of carbonyl (C=O) groups excluding carboxylic acids is 2. The fraction of sp³-hybridized carbons (Fsp3) is 0.846. The summed E-state index contributed by atoms with van der Waals surface area (Å²) in [5.41, 5.74) is 0.586. The highest BCUT2D eigenvalue weighted by Gasteiger charge is 2.72. The van der Waals surface area contributed by atoms with Crippen LogP contribution in [0.5, 0.6) is 0 Å². The Labute approximate surface area is 210 Å². The molecule has 3 fully saturated rings. The summed E-state index contributed by atoms with van der Waals surface area (Å²) in [6.45, 7) is 12.0. The lowest BCUT2D eigenvalue weighted by Crippen LogP contribution is -2.57. The predicted molar refractivity (Wildman–Crippen MR) is 133 cm³/mol. The summed E-state index contributed by atoms with van der Waals surface area (Å²) < 4.78 is 24.0. The van der Waals surface area contributed by atoms with E-state index in [-0.39, 0.29) is 35.6 Å². The number of allylic oxidation sites excluding steroid dienone is 1. The van der Waals surface area contributed by atoms with Gasteiger partial charge in [-0.15, -0.1) is 0 Å². The lowest BCUT2D eigenvalue weighted by atomic mass is 9.68. The molecule has 1 saturated carbocycles. The molecule has 2 amide bonds. The average molecular weight is 496 g/mol. The maximum Gasteiger partial charge on any atom is 0.408 e. The molecule has 200 valence electrons. The van der Waals surface area contributed by atoms with Crippen molar-refractivity contribution in [2.45, 2.75) is 89.4 Å². The van der Waals surface area contributed by atoms with Crippen LogP contribution < -0.4 is 10.6 Å². The van der Waals surface area contributed by atoms with Gasteiger partial charge in [0.2, 0.25) is 5.91 Å². The highest BCUT2D eigenvalue weighted by atomic mass is 16.6. The van der Waals surface area contributed by atoms with E-state index in [4.69, 9.17) is 18.9 Å². The van der Waals surface area contributed by atoms with Gasteiger partial charge in [-0.05, 0) is 60.0 Å². The highest BCUT2D eigenvalue weighted by Crippen LogP contribution is 2.59. The van der Waals surface area contributed by atoms with E-state index in [1.807, 2.05) is 32.8 Å². The van der Waals surface area contributed by atoms with Gasteiger partial charge in [0.25, 0.3) is 0 Å². The molecule has 0 bridgehead atoms. The first-order valence-electron chi connectivity index (χ1n) is 12.8. The Morgan fingerprint density at radius 2 is 1.94 bits per heavy atom. The first-order valence-corrected chi connectivity index (χ1v) is 12.8. The van der Waals surface area contributed by atoms with Crippen LogP contribution in [0.3, 0.4) is 0 Å². The van der Waals surface area contributed by atoms with E-state index < -0.39 is 23.8 Å². The molecule has 9 nitrogen and oxygen atoms in total. The fourth-order valence-electron chi connectivity index (χ4n) is 5.42. The van der Waals surface area contributed by atoms with Gasteiger partial charge < -0.3 is 34.5 Å². The summed E-state index contributed by atoms with van der Waals surface area (Å²) in [4.78, 5) is 27.6. The smallest absolute Gasteiger partial charge is 0.408 e. The minimum Gasteiger partial charge on any atom is -0.443 e. The second-order valence-corrected chi connectivity index (χ2v) is 11.3. The lowest BCUT2D eigenvalue weighted by molar-refractivity contribution is -0.125. The average Bonchev–Trinajstić information content (AvgIpc) is 3.68. The predicted octanol–water partition coefficient (Wildman–Crippen LogP) is 2.49. The van der Waals surface area contributed by atoms with Crippen molar-refractivity contribution in [3.63, 3.8) is 0 Å². The first-order chi connectivity index (χ1) is 16.4. The Morgan fingerprint density at radius 1 is 1.26 bits per heavy atom. The molecule has 2 aliphatic heterocycles. The number of methoxy groups -OCH3 is 1. The molecule has 9 heteroatoms. The molecular weight excluding hydrogens is 450 g/mol. The van der Waals surface area contributed by atoms with Gasteiger partial charge in [0.15, 0.2) is 0 Å². The lowest BCUT2D eigenvalue weighted by Gasteiger charge is -2.42. The van der Waals surface area contributed by atoms with Crippen LogP contribution in [0.25, 0.3) is 0 Å². The van der Waals surface area contributed by atoms with Crippen LogP contribution >= 0.6 is 0 Å². The van der Waals surface area contributed by atoms with Crippen molar-refractivity contribution in [3.8, 4) is 0 Å². The summed E-state index contributed by atoms with van der Waals surface area (Å²) in [7, 11) is 5.54. The number of hydrogen-bond acceptors (Lipinski definition) is 7. The quantitative estimate of drug-likeness (QED) is 0.335. The van der Waals surface area contributed by atoms with Crippen LogP contribution in [0.1, 0.15) is 53.9 Å². The number of ether oxygens (including phenoxy) is 4. The molecule has 2 N–H and O–H groups in total. The number of epoxide rings is 2. The Balaban J connectivity index is 1.64. The minimum atomic E-state index is -0.680. The van der Waals surface area contributed by atoms with E-state index >= 15 is 0 Å². The normalized spacial score (nSPS) is 34.5. The van der Waals surface area contributed by atoms with Crippen molar-refractivity contribution in [2.24, 2.45) is 11.8 Å². The summed E-state index contributed by atoms with van der Waals surface area (Å²) in [6, 6.07) is -0.680. The van der Waals surface area contributed by atoms with Crippen LogP contribution in [-0.2, 0) is 23.7 Å². The topological polar surface area (TPSA) is 105 Å². The number of nitrogens with one attached hydrogen (secondary N) is 2. The van der Waals surface area contributed by atoms with E-state index in [2.05, 4.69) is 37.5 Å². The molecule has 3 rings (SSSR count). The minimum absolute atomic E-state index is 0.0441. The van der Waals surface area contributed by atoms with Gasteiger partial charge in [0.05, 0.1) is 18.6 Å². The van der Waals surface area contributed by atoms with Crippen LogP contribution in [0.2, 0.25) is 0 Å². The number of rotatable bonds is 11. The van der Waals surface area contributed by atoms with Crippen molar-refractivity contribution >= 4 is 12.0 Å². The van der Waals surface area contributed by atoms with Crippen molar-refractivity contribution < 1.29 is 28.5 Å². The zero-order valence-corrected chi connectivity index (χ0v) is 22.7. The molecule has 35 heavy (non-hydrogen) atoms. The molecule has 0 radical (unpaired) electrons. The monoisotopic (exact) mass is 495 g/mol. The van der Waals surface area contributed by atoms with Crippen molar-refractivity contribution in [1.82, 2.24) is 15.5 Å². The van der Waals surface area contributed by atoms with Gasteiger partial charge in [-0.1, -0.05) is 25.5 Å². The van der Waals surface area contributed by atoms with Gasteiger partial charge >= 0.3 is 6.09 Å². The third-order valence-corrected chi connectivity index (χ3v) is 7.58. The van der Waals surface area contributed by atoms with Gasteiger partial charge in [0.1, 0.15) is 29.5 Å². The zero-order chi connectivity index (χ0) is 26.0. The molecule has 1 aliphatic carbocycles. The summed E-state index contributed by atoms with van der Waals surface area (Å²) in [5, 5.41) is 5.67. The van der Waals surface area contributed by atoms with Crippen LogP contribution in [0, 0.1) is 11.8 Å². The Bertz CT molecular complexity index is 792. The van der Waals surface area contributed by atoms with Crippen molar-refractivity contribution in [2.75, 3.05) is 40.9 Å². The molecule has 0 aromatic carbocycles. The number of nitrogens with zero attached hydrogens (tertiary/aromatic N) is 1. The molecule has 0 aromatic rings. The number of likely N-dealkylation sites (N-methyl/N-ethyl adjacent to an activating group) is 1. The maximum absolute atomic E-state index is 12.9. The number of carbonyl (C=O) groups is 2.